The van der Waals surface area contributed by atoms with Crippen LogP contribution in [0.25, 0.3) is 0 Å². The highest BCUT2D eigenvalue weighted by molar-refractivity contribution is 5.80. The zero-order valence-electron chi connectivity index (χ0n) is 11.8. The fourth-order valence-corrected chi connectivity index (χ4v) is 2.60. The van der Waals surface area contributed by atoms with Crippen molar-refractivity contribution in [3.63, 3.8) is 0 Å². The fourth-order valence-electron chi connectivity index (χ4n) is 2.60. The van der Waals surface area contributed by atoms with Crippen molar-refractivity contribution in [2.75, 3.05) is 20.6 Å². The van der Waals surface area contributed by atoms with Crippen molar-refractivity contribution < 1.29 is 4.79 Å². The Balaban J connectivity index is 2.13. The highest BCUT2D eigenvalue weighted by Gasteiger charge is 2.19. The molecule has 1 rings (SSSR count). The van der Waals surface area contributed by atoms with Crippen LogP contribution in [0.1, 0.15) is 46.0 Å². The quantitative estimate of drug-likeness (QED) is 0.799. The lowest BCUT2D eigenvalue weighted by molar-refractivity contribution is -0.130. The van der Waals surface area contributed by atoms with Crippen molar-refractivity contribution >= 4 is 5.91 Å². The van der Waals surface area contributed by atoms with Gasteiger partial charge in [0.2, 0.25) is 5.91 Å². The lowest BCUT2D eigenvalue weighted by atomic mass is 9.81. The van der Waals surface area contributed by atoms with E-state index < -0.39 is 0 Å². The molecule has 17 heavy (non-hydrogen) atoms. The molecule has 3 heteroatoms. The standard InChI is InChI=1S/C14H28N2O/c1-11-5-7-13(8-6-11)9-10-15-12(2)14(17)16(3)4/h11-13,15H,5-10H2,1-4H3. The molecule has 1 aliphatic carbocycles. The number of likely N-dealkylation sites (N-methyl/N-ethyl adjacent to an activating group) is 1. The van der Waals surface area contributed by atoms with Crippen LogP contribution in [0.15, 0.2) is 0 Å². The number of amides is 1. The zero-order chi connectivity index (χ0) is 12.8. The van der Waals surface area contributed by atoms with E-state index in [0.717, 1.165) is 18.4 Å². The Kier molecular flexibility index (Phi) is 5.96. The van der Waals surface area contributed by atoms with Crippen molar-refractivity contribution in [2.45, 2.75) is 52.0 Å². The summed E-state index contributed by atoms with van der Waals surface area (Å²) in [7, 11) is 3.62. The molecule has 0 saturated heterocycles. The van der Waals surface area contributed by atoms with Crippen molar-refractivity contribution in [3.05, 3.63) is 0 Å². The number of hydrogen-bond acceptors (Lipinski definition) is 2. The second-order valence-corrected chi connectivity index (χ2v) is 5.82. The van der Waals surface area contributed by atoms with Gasteiger partial charge in [0.1, 0.15) is 0 Å². The third kappa shape index (κ3) is 5.07. The lowest BCUT2D eigenvalue weighted by Gasteiger charge is -2.26. The second kappa shape index (κ2) is 7.00. The molecular formula is C14H28N2O. The third-order valence-corrected chi connectivity index (χ3v) is 3.95. The van der Waals surface area contributed by atoms with E-state index >= 15 is 0 Å². The van der Waals surface area contributed by atoms with Gasteiger partial charge < -0.3 is 10.2 Å². The van der Waals surface area contributed by atoms with Crippen LogP contribution in [-0.4, -0.2) is 37.5 Å². The first-order chi connectivity index (χ1) is 8.00. The van der Waals surface area contributed by atoms with E-state index in [-0.39, 0.29) is 11.9 Å². The number of carbonyl (C=O) groups is 1. The Bertz CT molecular complexity index is 232. The van der Waals surface area contributed by atoms with Gasteiger partial charge >= 0.3 is 0 Å². The van der Waals surface area contributed by atoms with Gasteiger partial charge in [0.25, 0.3) is 0 Å². The molecule has 100 valence electrons. The molecule has 0 radical (unpaired) electrons. The average Bonchev–Trinajstić information content (AvgIpc) is 2.30. The first-order valence-electron chi connectivity index (χ1n) is 6.95. The molecular weight excluding hydrogens is 212 g/mol. The van der Waals surface area contributed by atoms with Crippen molar-refractivity contribution in [1.82, 2.24) is 10.2 Å². The molecule has 0 aromatic heterocycles. The summed E-state index contributed by atoms with van der Waals surface area (Å²) in [5.41, 5.74) is 0. The Morgan fingerprint density at radius 3 is 2.41 bits per heavy atom. The Morgan fingerprint density at radius 2 is 1.88 bits per heavy atom. The molecule has 0 aliphatic heterocycles. The van der Waals surface area contributed by atoms with Gasteiger partial charge in [-0.3, -0.25) is 4.79 Å². The Labute approximate surface area is 106 Å². The molecule has 0 spiro atoms. The minimum Gasteiger partial charge on any atom is -0.347 e. The first-order valence-corrected chi connectivity index (χ1v) is 6.95. The third-order valence-electron chi connectivity index (χ3n) is 3.95. The number of carbonyl (C=O) groups excluding carboxylic acids is 1. The first kappa shape index (κ1) is 14.5. The number of rotatable bonds is 5. The van der Waals surface area contributed by atoms with E-state index in [1.165, 1.54) is 32.1 Å². The summed E-state index contributed by atoms with van der Waals surface area (Å²) >= 11 is 0. The summed E-state index contributed by atoms with van der Waals surface area (Å²) in [6.45, 7) is 5.28. The zero-order valence-corrected chi connectivity index (χ0v) is 11.8. The smallest absolute Gasteiger partial charge is 0.238 e. The van der Waals surface area contributed by atoms with Gasteiger partial charge in [-0.25, -0.2) is 0 Å². The topological polar surface area (TPSA) is 32.3 Å². The summed E-state index contributed by atoms with van der Waals surface area (Å²) < 4.78 is 0. The van der Waals surface area contributed by atoms with Crippen LogP contribution in [0.4, 0.5) is 0 Å². The molecule has 1 aliphatic rings. The summed E-state index contributed by atoms with van der Waals surface area (Å²) in [4.78, 5) is 13.3. The summed E-state index contributed by atoms with van der Waals surface area (Å²) in [5.74, 6) is 1.97. The fraction of sp³-hybridized carbons (Fsp3) is 0.929. The van der Waals surface area contributed by atoms with Crippen LogP contribution in [0.2, 0.25) is 0 Å². The molecule has 1 N–H and O–H groups in total. The largest absolute Gasteiger partial charge is 0.347 e. The average molecular weight is 240 g/mol. The lowest BCUT2D eigenvalue weighted by Crippen LogP contribution is -2.42. The molecule has 1 fully saturated rings. The highest BCUT2D eigenvalue weighted by atomic mass is 16.2. The van der Waals surface area contributed by atoms with Gasteiger partial charge in [-0.1, -0.05) is 32.6 Å². The van der Waals surface area contributed by atoms with E-state index in [1.807, 2.05) is 21.0 Å². The number of nitrogens with one attached hydrogen (secondary N) is 1. The summed E-state index contributed by atoms with van der Waals surface area (Å²) in [5, 5.41) is 3.33. The minimum absolute atomic E-state index is 0.0486. The molecule has 1 atom stereocenters. The van der Waals surface area contributed by atoms with Gasteiger partial charge in [0.15, 0.2) is 0 Å². The SMILES string of the molecule is CC1CCC(CCNC(C)C(=O)N(C)C)CC1. The van der Waals surface area contributed by atoms with E-state index in [4.69, 9.17) is 0 Å². The molecule has 3 nitrogen and oxygen atoms in total. The van der Waals surface area contributed by atoms with Gasteiger partial charge in [0, 0.05) is 14.1 Å². The molecule has 0 aromatic rings. The van der Waals surface area contributed by atoms with Gasteiger partial charge in [-0.15, -0.1) is 0 Å². The Hall–Kier alpha value is -0.570. The predicted molar refractivity (Wildman–Crippen MR) is 71.9 cm³/mol. The summed E-state index contributed by atoms with van der Waals surface area (Å²) in [6.07, 6.45) is 6.74. The van der Waals surface area contributed by atoms with Crippen LogP contribution in [0.3, 0.4) is 0 Å². The highest BCUT2D eigenvalue weighted by Crippen LogP contribution is 2.29. The monoisotopic (exact) mass is 240 g/mol. The van der Waals surface area contributed by atoms with Crippen LogP contribution >= 0.6 is 0 Å². The number of hydrogen-bond donors (Lipinski definition) is 1. The van der Waals surface area contributed by atoms with E-state index in [0.29, 0.717) is 0 Å². The van der Waals surface area contributed by atoms with Crippen LogP contribution in [0.5, 0.6) is 0 Å². The maximum atomic E-state index is 11.6. The van der Waals surface area contributed by atoms with Crippen molar-refractivity contribution in [1.29, 1.82) is 0 Å². The van der Waals surface area contributed by atoms with Crippen LogP contribution in [0, 0.1) is 11.8 Å². The van der Waals surface area contributed by atoms with Crippen LogP contribution < -0.4 is 5.32 Å². The molecule has 0 bridgehead atoms. The molecule has 1 amide bonds. The number of nitrogens with zero attached hydrogens (tertiary/aromatic N) is 1. The van der Waals surface area contributed by atoms with Crippen molar-refractivity contribution in [2.24, 2.45) is 11.8 Å². The minimum atomic E-state index is -0.0486. The summed E-state index contributed by atoms with van der Waals surface area (Å²) in [6, 6.07) is -0.0486. The van der Waals surface area contributed by atoms with Gasteiger partial charge in [0.05, 0.1) is 6.04 Å². The van der Waals surface area contributed by atoms with E-state index in [9.17, 15) is 4.79 Å². The second-order valence-electron chi connectivity index (χ2n) is 5.82. The predicted octanol–water partition coefficient (Wildman–Crippen LogP) is 2.27. The van der Waals surface area contributed by atoms with Gasteiger partial charge in [-0.2, -0.15) is 0 Å². The van der Waals surface area contributed by atoms with E-state index in [2.05, 4.69) is 12.2 Å². The molecule has 0 aromatic carbocycles. The Morgan fingerprint density at radius 1 is 1.29 bits per heavy atom. The van der Waals surface area contributed by atoms with Crippen molar-refractivity contribution in [3.8, 4) is 0 Å². The maximum Gasteiger partial charge on any atom is 0.238 e. The molecule has 0 heterocycles. The van der Waals surface area contributed by atoms with E-state index in [1.54, 1.807) is 4.90 Å². The maximum absolute atomic E-state index is 11.6. The van der Waals surface area contributed by atoms with Crippen LogP contribution in [-0.2, 0) is 4.79 Å². The van der Waals surface area contributed by atoms with Gasteiger partial charge in [-0.05, 0) is 31.7 Å². The molecule has 1 unspecified atom stereocenters. The normalized spacial score (nSPS) is 26.6. The molecule has 1 saturated carbocycles.